The SMILES string of the molecule is CCN1C[C@H]2CCN(C(=O)NCCc3ccc(OC)cc3)CC[C@H]2S1(=O)=O. The molecule has 1 aromatic carbocycles. The van der Waals surface area contributed by atoms with Gasteiger partial charge in [0.1, 0.15) is 5.75 Å². The van der Waals surface area contributed by atoms with E-state index in [1.165, 1.54) is 0 Å². The van der Waals surface area contributed by atoms with E-state index in [1.807, 2.05) is 31.2 Å². The van der Waals surface area contributed by atoms with Crippen LogP contribution in [0.15, 0.2) is 24.3 Å². The van der Waals surface area contributed by atoms with Gasteiger partial charge in [-0.05, 0) is 42.9 Å². The fourth-order valence-corrected chi connectivity index (χ4v) is 6.28. The number of likely N-dealkylation sites (tertiary alicyclic amines) is 1. The van der Waals surface area contributed by atoms with Crippen molar-refractivity contribution in [3.05, 3.63) is 29.8 Å². The first kappa shape index (κ1) is 19.9. The highest BCUT2D eigenvalue weighted by atomic mass is 32.2. The minimum atomic E-state index is -3.20. The Morgan fingerprint density at radius 3 is 2.59 bits per heavy atom. The van der Waals surface area contributed by atoms with Gasteiger partial charge in [-0.3, -0.25) is 0 Å². The van der Waals surface area contributed by atoms with Crippen molar-refractivity contribution in [3.63, 3.8) is 0 Å². The Hall–Kier alpha value is -1.80. The summed E-state index contributed by atoms with van der Waals surface area (Å²) in [5, 5.41) is 2.62. The maximum absolute atomic E-state index is 12.6. The predicted octanol–water partition coefficient (Wildman–Crippen LogP) is 1.69. The van der Waals surface area contributed by atoms with Gasteiger partial charge >= 0.3 is 6.03 Å². The molecule has 2 aliphatic rings. The molecule has 2 fully saturated rings. The van der Waals surface area contributed by atoms with Gasteiger partial charge in [-0.1, -0.05) is 19.1 Å². The summed E-state index contributed by atoms with van der Waals surface area (Å²) in [7, 11) is -1.57. The van der Waals surface area contributed by atoms with Crippen LogP contribution >= 0.6 is 0 Å². The molecule has 2 atom stereocenters. The highest BCUT2D eigenvalue weighted by Crippen LogP contribution is 2.33. The fraction of sp³-hybridized carbons (Fsp3) is 0.632. The molecule has 0 aromatic heterocycles. The van der Waals surface area contributed by atoms with Crippen molar-refractivity contribution in [2.75, 3.05) is 39.8 Å². The van der Waals surface area contributed by atoms with Gasteiger partial charge in [0.2, 0.25) is 10.0 Å². The molecule has 2 saturated heterocycles. The highest BCUT2D eigenvalue weighted by Gasteiger charge is 2.46. The van der Waals surface area contributed by atoms with E-state index in [-0.39, 0.29) is 17.2 Å². The number of methoxy groups -OCH3 is 1. The number of fused-ring (bicyclic) bond motifs is 1. The van der Waals surface area contributed by atoms with E-state index in [1.54, 1.807) is 16.3 Å². The molecule has 0 aliphatic carbocycles. The summed E-state index contributed by atoms with van der Waals surface area (Å²) in [6, 6.07) is 7.69. The number of nitrogens with zero attached hydrogens (tertiary/aromatic N) is 2. The van der Waals surface area contributed by atoms with Gasteiger partial charge in [0, 0.05) is 32.7 Å². The topological polar surface area (TPSA) is 79.0 Å². The summed E-state index contributed by atoms with van der Waals surface area (Å²) in [5.41, 5.74) is 1.13. The number of carbonyl (C=O) groups excluding carboxylic acids is 1. The molecular weight excluding hydrogens is 366 g/mol. The van der Waals surface area contributed by atoms with Crippen LogP contribution in [0.2, 0.25) is 0 Å². The van der Waals surface area contributed by atoms with E-state index in [0.29, 0.717) is 39.1 Å². The summed E-state index contributed by atoms with van der Waals surface area (Å²) in [4.78, 5) is 14.2. The van der Waals surface area contributed by atoms with Crippen LogP contribution in [0, 0.1) is 5.92 Å². The predicted molar refractivity (Wildman–Crippen MR) is 104 cm³/mol. The first-order valence-electron chi connectivity index (χ1n) is 9.60. The zero-order valence-corrected chi connectivity index (χ0v) is 16.9. The molecular formula is C19H29N3O4S. The summed E-state index contributed by atoms with van der Waals surface area (Å²) < 4.78 is 31.9. The van der Waals surface area contributed by atoms with Crippen molar-refractivity contribution in [1.82, 2.24) is 14.5 Å². The van der Waals surface area contributed by atoms with E-state index in [0.717, 1.165) is 24.2 Å². The molecule has 1 aromatic rings. The minimum Gasteiger partial charge on any atom is -0.497 e. The average Bonchev–Trinajstić information content (AvgIpc) is 2.80. The summed E-state index contributed by atoms with van der Waals surface area (Å²) >= 11 is 0. The van der Waals surface area contributed by atoms with Crippen molar-refractivity contribution in [2.24, 2.45) is 5.92 Å². The molecule has 3 rings (SSSR count). The average molecular weight is 396 g/mol. The van der Waals surface area contributed by atoms with E-state index < -0.39 is 10.0 Å². The summed E-state index contributed by atoms with van der Waals surface area (Å²) in [6.45, 7) is 4.66. The fourth-order valence-electron chi connectivity index (χ4n) is 4.03. The molecule has 0 saturated carbocycles. The molecule has 1 N–H and O–H groups in total. The van der Waals surface area contributed by atoms with Gasteiger partial charge in [-0.25, -0.2) is 17.5 Å². The van der Waals surface area contributed by atoms with Crippen molar-refractivity contribution < 1.29 is 17.9 Å². The van der Waals surface area contributed by atoms with Crippen molar-refractivity contribution in [2.45, 2.75) is 31.4 Å². The van der Waals surface area contributed by atoms with E-state index in [2.05, 4.69) is 5.32 Å². The molecule has 0 unspecified atom stereocenters. The second kappa shape index (κ2) is 8.48. The Morgan fingerprint density at radius 1 is 1.22 bits per heavy atom. The number of urea groups is 1. The van der Waals surface area contributed by atoms with Crippen LogP contribution in [0.25, 0.3) is 0 Å². The lowest BCUT2D eigenvalue weighted by Gasteiger charge is -2.22. The Morgan fingerprint density at radius 2 is 1.93 bits per heavy atom. The summed E-state index contributed by atoms with van der Waals surface area (Å²) in [5.74, 6) is 0.946. The number of carbonyl (C=O) groups is 1. The number of hydrogen-bond donors (Lipinski definition) is 1. The number of amides is 2. The lowest BCUT2D eigenvalue weighted by atomic mass is 10.0. The Labute approximate surface area is 161 Å². The van der Waals surface area contributed by atoms with Gasteiger partial charge in [-0.2, -0.15) is 0 Å². The molecule has 0 radical (unpaired) electrons. The second-order valence-electron chi connectivity index (χ2n) is 7.19. The first-order chi connectivity index (χ1) is 13.0. The maximum atomic E-state index is 12.6. The monoisotopic (exact) mass is 395 g/mol. The Bertz CT molecular complexity index is 751. The first-order valence-corrected chi connectivity index (χ1v) is 11.1. The van der Waals surface area contributed by atoms with Crippen LogP contribution in [0.5, 0.6) is 5.75 Å². The number of benzene rings is 1. The zero-order chi connectivity index (χ0) is 19.4. The Balaban J connectivity index is 1.49. The molecule has 27 heavy (non-hydrogen) atoms. The molecule has 2 heterocycles. The van der Waals surface area contributed by atoms with Crippen LogP contribution in [-0.2, 0) is 16.4 Å². The number of nitrogens with one attached hydrogen (secondary N) is 1. The van der Waals surface area contributed by atoms with Crippen LogP contribution < -0.4 is 10.1 Å². The zero-order valence-electron chi connectivity index (χ0n) is 16.1. The van der Waals surface area contributed by atoms with Crippen LogP contribution in [0.3, 0.4) is 0 Å². The number of hydrogen-bond acceptors (Lipinski definition) is 4. The lowest BCUT2D eigenvalue weighted by Crippen LogP contribution is -2.42. The van der Waals surface area contributed by atoms with Gasteiger partial charge < -0.3 is 15.0 Å². The third kappa shape index (κ3) is 4.38. The molecule has 150 valence electrons. The molecule has 2 aliphatic heterocycles. The number of rotatable bonds is 5. The molecule has 0 bridgehead atoms. The van der Waals surface area contributed by atoms with Gasteiger partial charge in [0.25, 0.3) is 0 Å². The quantitative estimate of drug-likeness (QED) is 0.823. The largest absolute Gasteiger partial charge is 0.497 e. The van der Waals surface area contributed by atoms with Crippen molar-refractivity contribution in [3.8, 4) is 5.75 Å². The molecule has 8 heteroatoms. The minimum absolute atomic E-state index is 0.103. The van der Waals surface area contributed by atoms with Gasteiger partial charge in [0.15, 0.2) is 0 Å². The number of sulfonamides is 1. The highest BCUT2D eigenvalue weighted by molar-refractivity contribution is 7.90. The molecule has 7 nitrogen and oxygen atoms in total. The van der Waals surface area contributed by atoms with E-state index in [9.17, 15) is 13.2 Å². The standard InChI is InChI=1S/C19H29N3O4S/c1-3-22-14-16-9-12-21(13-10-18(16)27(22,24)25)19(23)20-11-8-15-4-6-17(26-2)7-5-15/h4-7,16,18H,3,8-14H2,1-2H3,(H,20,23)/t16-,18-/m1/s1. The third-order valence-corrected chi connectivity index (χ3v) is 8.16. The van der Waals surface area contributed by atoms with Crippen LogP contribution in [0.4, 0.5) is 4.79 Å². The van der Waals surface area contributed by atoms with Crippen LogP contribution in [0.1, 0.15) is 25.3 Å². The van der Waals surface area contributed by atoms with E-state index in [4.69, 9.17) is 4.74 Å². The van der Waals surface area contributed by atoms with E-state index >= 15 is 0 Å². The maximum Gasteiger partial charge on any atom is 0.317 e. The lowest BCUT2D eigenvalue weighted by molar-refractivity contribution is 0.198. The second-order valence-corrected chi connectivity index (χ2v) is 9.34. The normalized spacial score (nSPS) is 24.9. The molecule has 0 spiro atoms. The smallest absolute Gasteiger partial charge is 0.317 e. The molecule has 2 amide bonds. The van der Waals surface area contributed by atoms with Gasteiger partial charge in [-0.15, -0.1) is 0 Å². The van der Waals surface area contributed by atoms with Gasteiger partial charge in [0.05, 0.1) is 12.4 Å². The van der Waals surface area contributed by atoms with Crippen molar-refractivity contribution >= 4 is 16.1 Å². The third-order valence-electron chi connectivity index (χ3n) is 5.65. The van der Waals surface area contributed by atoms with Crippen molar-refractivity contribution in [1.29, 1.82) is 0 Å². The van der Waals surface area contributed by atoms with Crippen LogP contribution in [-0.4, -0.2) is 68.7 Å². The number of ether oxygens (including phenoxy) is 1. The Kier molecular flexibility index (Phi) is 6.26. The summed E-state index contributed by atoms with van der Waals surface area (Å²) in [6.07, 6.45) is 2.01.